The summed E-state index contributed by atoms with van der Waals surface area (Å²) in [6, 6.07) is 23.3. The van der Waals surface area contributed by atoms with Crippen LogP contribution >= 0.6 is 0 Å². The van der Waals surface area contributed by atoms with Crippen molar-refractivity contribution in [3.05, 3.63) is 95.7 Å². The quantitative estimate of drug-likeness (QED) is 0.225. The highest BCUT2D eigenvalue weighted by Gasteiger charge is 2.32. The number of aromatic nitrogens is 2. The topological polar surface area (TPSA) is 38.4 Å². The number of hydrogen-bond donors (Lipinski definition) is 1. The van der Waals surface area contributed by atoms with Gasteiger partial charge in [0.25, 0.3) is 0 Å². The molecule has 8 heteroatoms. The molecule has 0 radical (unpaired) electrons. The zero-order valence-corrected chi connectivity index (χ0v) is 24.8. The van der Waals surface area contributed by atoms with Crippen LogP contribution in [0.25, 0.3) is 45.2 Å². The normalized spacial score (nSPS) is 17.8. The van der Waals surface area contributed by atoms with Gasteiger partial charge in [-0.15, -0.1) is 0 Å². The SMILES string of the molecule is CN1CCC(N2CCN(c3ccc(-c4ccc5[nH]c6nccc(C=Cc7ccccc7C(F)(F)F)c6c5c4)cc3)CC2)CC1. The van der Waals surface area contributed by atoms with Crippen LogP contribution in [0.5, 0.6) is 0 Å². The molecular weight excluding hydrogens is 559 g/mol. The molecule has 0 aliphatic carbocycles. The monoisotopic (exact) mass is 595 g/mol. The Morgan fingerprint density at radius 1 is 0.795 bits per heavy atom. The molecule has 7 rings (SSSR count). The summed E-state index contributed by atoms with van der Waals surface area (Å²) >= 11 is 0. The molecule has 3 aromatic carbocycles. The van der Waals surface area contributed by atoms with Gasteiger partial charge in [0, 0.05) is 60.4 Å². The van der Waals surface area contributed by atoms with Crippen LogP contribution in [-0.2, 0) is 6.18 Å². The third kappa shape index (κ3) is 5.72. The third-order valence-corrected chi connectivity index (χ3v) is 9.32. The number of fused-ring (bicyclic) bond motifs is 3. The summed E-state index contributed by atoms with van der Waals surface area (Å²) in [6.07, 6.45) is 3.08. The molecule has 1 N–H and O–H groups in total. The second-order valence-electron chi connectivity index (χ2n) is 12.0. The van der Waals surface area contributed by atoms with Gasteiger partial charge in [0.15, 0.2) is 0 Å². The molecule has 2 aliphatic heterocycles. The second kappa shape index (κ2) is 11.7. The molecule has 4 heterocycles. The smallest absolute Gasteiger partial charge is 0.369 e. The standard InChI is InChI=1S/C36H36F3N5/c1-42-18-15-30(16-19-42)44-22-20-43(21-23-44)29-11-8-25(9-12-29)28-10-13-33-31(24-28)34-27(14-17-40-35(34)41-33)7-6-26-4-2-3-5-32(26)36(37,38)39/h2-14,17,24,30H,15-16,18-23H2,1H3,(H,40,41). The summed E-state index contributed by atoms with van der Waals surface area (Å²) in [6.45, 7) is 6.71. The minimum atomic E-state index is -4.42. The Balaban J connectivity index is 1.12. The van der Waals surface area contributed by atoms with Crippen molar-refractivity contribution in [3.8, 4) is 11.1 Å². The molecule has 2 aliphatic rings. The Morgan fingerprint density at radius 2 is 1.50 bits per heavy atom. The Labute approximate surface area is 255 Å². The number of aromatic amines is 1. The lowest BCUT2D eigenvalue weighted by Crippen LogP contribution is -2.52. The highest BCUT2D eigenvalue weighted by atomic mass is 19.4. The number of halogens is 3. The maximum atomic E-state index is 13.6. The van der Waals surface area contributed by atoms with Gasteiger partial charge in [-0.1, -0.05) is 48.6 Å². The van der Waals surface area contributed by atoms with E-state index >= 15 is 0 Å². The maximum Gasteiger partial charge on any atom is 0.416 e. The maximum absolute atomic E-state index is 13.6. The zero-order valence-electron chi connectivity index (χ0n) is 24.8. The fourth-order valence-corrected chi connectivity index (χ4v) is 6.81. The summed E-state index contributed by atoms with van der Waals surface area (Å²) in [4.78, 5) is 15.5. The molecule has 44 heavy (non-hydrogen) atoms. The van der Waals surface area contributed by atoms with Crippen LogP contribution in [0.15, 0.2) is 79.0 Å². The van der Waals surface area contributed by atoms with Crippen molar-refractivity contribution in [2.45, 2.75) is 25.1 Å². The predicted molar refractivity (Wildman–Crippen MR) is 174 cm³/mol. The van der Waals surface area contributed by atoms with Gasteiger partial charge in [0.05, 0.1) is 5.56 Å². The number of hydrogen-bond acceptors (Lipinski definition) is 4. The zero-order chi connectivity index (χ0) is 30.3. The van der Waals surface area contributed by atoms with Gasteiger partial charge in [-0.3, -0.25) is 4.90 Å². The first kappa shape index (κ1) is 28.6. The molecule has 2 fully saturated rings. The third-order valence-electron chi connectivity index (χ3n) is 9.32. The number of nitrogens with one attached hydrogen (secondary N) is 1. The van der Waals surface area contributed by atoms with Crippen LogP contribution in [0.2, 0.25) is 0 Å². The predicted octanol–water partition coefficient (Wildman–Crippen LogP) is 7.79. The molecule has 0 unspecified atom stereocenters. The average Bonchev–Trinajstić information content (AvgIpc) is 3.43. The van der Waals surface area contributed by atoms with Crippen LogP contribution in [0.3, 0.4) is 0 Å². The summed E-state index contributed by atoms with van der Waals surface area (Å²) in [7, 11) is 2.22. The fraction of sp³-hybridized carbons (Fsp3) is 0.306. The highest BCUT2D eigenvalue weighted by molar-refractivity contribution is 6.11. The van der Waals surface area contributed by atoms with Crippen LogP contribution in [0.1, 0.15) is 29.5 Å². The minimum Gasteiger partial charge on any atom is -0.369 e. The van der Waals surface area contributed by atoms with Gasteiger partial charge in [-0.25, -0.2) is 4.98 Å². The molecule has 0 spiro atoms. The number of rotatable bonds is 5. The van der Waals surface area contributed by atoms with Gasteiger partial charge >= 0.3 is 6.18 Å². The van der Waals surface area contributed by atoms with Gasteiger partial charge in [0.1, 0.15) is 5.65 Å². The van der Waals surface area contributed by atoms with Gasteiger partial charge in [0.2, 0.25) is 0 Å². The van der Waals surface area contributed by atoms with E-state index < -0.39 is 11.7 Å². The molecule has 5 aromatic rings. The van der Waals surface area contributed by atoms with Crippen molar-refractivity contribution in [1.29, 1.82) is 0 Å². The number of nitrogens with zero attached hydrogens (tertiary/aromatic N) is 4. The molecule has 0 saturated carbocycles. The number of piperidine rings is 1. The molecule has 0 amide bonds. The summed E-state index contributed by atoms with van der Waals surface area (Å²) in [5.74, 6) is 0. The van der Waals surface area contributed by atoms with E-state index in [-0.39, 0.29) is 5.56 Å². The molecule has 0 atom stereocenters. The number of anilines is 1. The fourth-order valence-electron chi connectivity index (χ4n) is 6.81. The minimum absolute atomic E-state index is 0.133. The highest BCUT2D eigenvalue weighted by Crippen LogP contribution is 2.35. The van der Waals surface area contributed by atoms with Crippen LogP contribution in [0, 0.1) is 0 Å². The lowest BCUT2D eigenvalue weighted by molar-refractivity contribution is -0.137. The second-order valence-corrected chi connectivity index (χ2v) is 12.0. The lowest BCUT2D eigenvalue weighted by Gasteiger charge is -2.42. The van der Waals surface area contributed by atoms with E-state index in [1.165, 1.54) is 49.8 Å². The molecule has 0 bridgehead atoms. The number of likely N-dealkylation sites (tertiary alicyclic amines) is 1. The van der Waals surface area contributed by atoms with Crippen molar-refractivity contribution in [3.63, 3.8) is 0 Å². The van der Waals surface area contributed by atoms with Gasteiger partial charge < -0.3 is 14.8 Å². The van der Waals surface area contributed by atoms with Crippen molar-refractivity contribution < 1.29 is 13.2 Å². The molecular formula is C36H36F3N5. The Morgan fingerprint density at radius 3 is 2.25 bits per heavy atom. The van der Waals surface area contributed by atoms with E-state index in [1.54, 1.807) is 18.3 Å². The first-order valence-corrected chi connectivity index (χ1v) is 15.4. The lowest BCUT2D eigenvalue weighted by atomic mass is 10.0. The van der Waals surface area contributed by atoms with Gasteiger partial charge in [-0.2, -0.15) is 13.2 Å². The van der Waals surface area contributed by atoms with E-state index in [2.05, 4.69) is 74.2 Å². The molecule has 2 saturated heterocycles. The van der Waals surface area contributed by atoms with Crippen molar-refractivity contribution in [2.24, 2.45) is 0 Å². The van der Waals surface area contributed by atoms with E-state index in [1.807, 2.05) is 6.07 Å². The largest absolute Gasteiger partial charge is 0.416 e. The summed E-state index contributed by atoms with van der Waals surface area (Å²) in [5.41, 5.74) is 5.39. The number of alkyl halides is 3. The molecule has 226 valence electrons. The van der Waals surface area contributed by atoms with Crippen LogP contribution in [-0.4, -0.2) is 72.1 Å². The van der Waals surface area contributed by atoms with E-state index in [0.717, 1.165) is 71.3 Å². The Bertz CT molecular complexity index is 1790. The Kier molecular flexibility index (Phi) is 7.64. The van der Waals surface area contributed by atoms with E-state index in [0.29, 0.717) is 5.65 Å². The molecule has 5 nitrogen and oxygen atoms in total. The van der Waals surface area contributed by atoms with Crippen molar-refractivity contribution in [2.75, 3.05) is 51.2 Å². The summed E-state index contributed by atoms with van der Waals surface area (Å²) in [5, 5.41) is 1.88. The number of H-pyrrole nitrogens is 1. The van der Waals surface area contributed by atoms with Crippen molar-refractivity contribution >= 4 is 39.8 Å². The number of benzene rings is 3. The van der Waals surface area contributed by atoms with Crippen LogP contribution in [0.4, 0.5) is 18.9 Å². The molecule has 2 aromatic heterocycles. The Hall–Kier alpha value is -4.14. The summed E-state index contributed by atoms with van der Waals surface area (Å²) < 4.78 is 40.7. The number of piperazine rings is 1. The van der Waals surface area contributed by atoms with Gasteiger partial charge in [-0.05, 0) is 91.6 Å². The number of pyridine rings is 1. The van der Waals surface area contributed by atoms with Crippen molar-refractivity contribution in [1.82, 2.24) is 19.8 Å². The first-order valence-electron chi connectivity index (χ1n) is 15.4. The van der Waals surface area contributed by atoms with E-state index in [4.69, 9.17) is 0 Å². The van der Waals surface area contributed by atoms with E-state index in [9.17, 15) is 13.2 Å². The average molecular weight is 596 g/mol. The van der Waals surface area contributed by atoms with Crippen LogP contribution < -0.4 is 4.90 Å². The first-order chi connectivity index (χ1) is 21.3.